The van der Waals surface area contributed by atoms with E-state index in [2.05, 4.69) is 4.72 Å². The average molecular weight is 312 g/mol. The molecule has 0 fully saturated rings. The molecule has 1 aliphatic heterocycles. The van der Waals surface area contributed by atoms with Gasteiger partial charge >= 0.3 is 0 Å². The number of hydrogen-bond donors (Lipinski definition) is 1. The van der Waals surface area contributed by atoms with E-state index in [4.69, 9.17) is 4.74 Å². The lowest BCUT2D eigenvalue weighted by atomic mass is 10.1. The number of nitrogens with zero attached hydrogens (tertiary/aromatic N) is 1. The quantitative estimate of drug-likeness (QED) is 0.891. The second-order valence-corrected chi connectivity index (χ2v) is 7.22. The summed E-state index contributed by atoms with van der Waals surface area (Å²) in [5, 5.41) is 0. The standard InChI is InChI=1S/C14H20N2O4S/c1-10(2)6-7-15-21(18,19)11-4-5-13-12(8-11)16(3)14(17)9-20-13/h4-5,8,10,15H,6-7,9H2,1-3H3. The summed E-state index contributed by atoms with van der Waals surface area (Å²) in [6, 6.07) is 4.53. The van der Waals surface area contributed by atoms with Gasteiger partial charge in [0.05, 0.1) is 10.6 Å². The summed E-state index contributed by atoms with van der Waals surface area (Å²) in [5.74, 6) is 0.733. The van der Waals surface area contributed by atoms with Crippen LogP contribution in [-0.4, -0.2) is 34.5 Å². The molecule has 0 radical (unpaired) electrons. The van der Waals surface area contributed by atoms with Crippen molar-refractivity contribution in [2.45, 2.75) is 25.2 Å². The first-order valence-corrected chi connectivity index (χ1v) is 8.32. The molecule has 1 N–H and O–H groups in total. The zero-order chi connectivity index (χ0) is 15.6. The number of carbonyl (C=O) groups is 1. The van der Waals surface area contributed by atoms with Crippen LogP contribution < -0.4 is 14.4 Å². The summed E-state index contributed by atoms with van der Waals surface area (Å²) in [5.41, 5.74) is 0.470. The number of ether oxygens (including phenoxy) is 1. The monoisotopic (exact) mass is 312 g/mol. The molecule has 0 aliphatic carbocycles. The molecule has 0 spiro atoms. The number of anilines is 1. The fourth-order valence-corrected chi connectivity index (χ4v) is 3.05. The van der Waals surface area contributed by atoms with E-state index in [1.165, 1.54) is 17.0 Å². The Hall–Kier alpha value is -1.60. The Bertz CT molecular complexity index is 640. The van der Waals surface area contributed by atoms with Crippen LogP contribution in [0.3, 0.4) is 0 Å². The summed E-state index contributed by atoms with van der Waals surface area (Å²) < 4.78 is 32.3. The third-order valence-corrected chi connectivity index (χ3v) is 4.80. The van der Waals surface area contributed by atoms with E-state index in [1.54, 1.807) is 13.1 Å². The number of carbonyl (C=O) groups excluding carboxylic acids is 1. The van der Waals surface area contributed by atoms with Crippen molar-refractivity contribution in [1.82, 2.24) is 4.72 Å². The highest BCUT2D eigenvalue weighted by Crippen LogP contribution is 2.33. The molecule has 0 saturated heterocycles. The maximum atomic E-state index is 12.2. The first kappa shape index (κ1) is 15.8. The van der Waals surface area contributed by atoms with E-state index in [1.807, 2.05) is 13.8 Å². The van der Waals surface area contributed by atoms with Crippen LogP contribution in [0, 0.1) is 5.92 Å². The van der Waals surface area contributed by atoms with E-state index >= 15 is 0 Å². The van der Waals surface area contributed by atoms with E-state index in [0.717, 1.165) is 6.42 Å². The van der Waals surface area contributed by atoms with E-state index in [9.17, 15) is 13.2 Å². The van der Waals surface area contributed by atoms with E-state index in [-0.39, 0.29) is 17.4 Å². The lowest BCUT2D eigenvalue weighted by Crippen LogP contribution is -2.35. The number of likely N-dealkylation sites (N-methyl/N-ethyl adjacent to an activating group) is 1. The van der Waals surface area contributed by atoms with Crippen LogP contribution in [-0.2, 0) is 14.8 Å². The number of nitrogens with one attached hydrogen (secondary N) is 1. The van der Waals surface area contributed by atoms with Crippen molar-refractivity contribution in [2.75, 3.05) is 25.1 Å². The molecule has 0 saturated carbocycles. The molecule has 116 valence electrons. The van der Waals surface area contributed by atoms with E-state index in [0.29, 0.717) is 23.9 Å². The Morgan fingerprint density at radius 2 is 2.10 bits per heavy atom. The van der Waals surface area contributed by atoms with Gasteiger partial charge in [0.1, 0.15) is 5.75 Å². The molecule has 21 heavy (non-hydrogen) atoms. The fourth-order valence-electron chi connectivity index (χ4n) is 1.98. The number of sulfonamides is 1. The molecule has 2 rings (SSSR count). The summed E-state index contributed by atoms with van der Waals surface area (Å²) in [4.78, 5) is 13.1. The Labute approximate surface area is 125 Å². The van der Waals surface area contributed by atoms with Gasteiger partial charge in [-0.1, -0.05) is 13.8 Å². The summed E-state index contributed by atoms with van der Waals surface area (Å²) in [6.07, 6.45) is 0.770. The average Bonchev–Trinajstić information content (AvgIpc) is 2.42. The Morgan fingerprint density at radius 3 is 2.76 bits per heavy atom. The summed E-state index contributed by atoms with van der Waals surface area (Å²) in [7, 11) is -1.97. The zero-order valence-electron chi connectivity index (χ0n) is 12.4. The first-order chi connectivity index (χ1) is 9.81. The molecular weight excluding hydrogens is 292 g/mol. The minimum Gasteiger partial charge on any atom is -0.482 e. The number of hydrogen-bond acceptors (Lipinski definition) is 4. The molecule has 0 aromatic heterocycles. The largest absolute Gasteiger partial charge is 0.482 e. The maximum absolute atomic E-state index is 12.2. The molecular formula is C14H20N2O4S. The summed E-state index contributed by atoms with van der Waals surface area (Å²) >= 11 is 0. The van der Waals surface area contributed by atoms with Crippen molar-refractivity contribution in [3.8, 4) is 5.75 Å². The van der Waals surface area contributed by atoms with Crippen LogP contribution in [0.2, 0.25) is 0 Å². The Balaban J connectivity index is 2.23. The van der Waals surface area contributed by atoms with Gasteiger partial charge in [-0.15, -0.1) is 0 Å². The van der Waals surface area contributed by atoms with Crippen LogP contribution in [0.4, 0.5) is 5.69 Å². The second kappa shape index (κ2) is 6.03. The molecule has 0 unspecified atom stereocenters. The lowest BCUT2D eigenvalue weighted by Gasteiger charge is -2.26. The Kier molecular flexibility index (Phi) is 4.53. The SMILES string of the molecule is CC(C)CCNS(=O)(=O)c1ccc2c(c1)N(C)C(=O)CO2. The predicted octanol–water partition coefficient (Wildman–Crippen LogP) is 1.37. The van der Waals surface area contributed by atoms with Crippen molar-refractivity contribution in [3.63, 3.8) is 0 Å². The molecule has 6 nitrogen and oxygen atoms in total. The van der Waals surface area contributed by atoms with Crippen LogP contribution in [0.5, 0.6) is 5.75 Å². The minimum absolute atomic E-state index is 0.0256. The molecule has 1 aromatic rings. The van der Waals surface area contributed by atoms with Crippen molar-refractivity contribution in [1.29, 1.82) is 0 Å². The van der Waals surface area contributed by atoms with Crippen LogP contribution in [0.15, 0.2) is 23.1 Å². The third kappa shape index (κ3) is 3.54. The van der Waals surface area contributed by atoms with Gasteiger partial charge in [-0.2, -0.15) is 0 Å². The highest BCUT2D eigenvalue weighted by atomic mass is 32.2. The fraction of sp³-hybridized carbons (Fsp3) is 0.500. The van der Waals surface area contributed by atoms with Crippen LogP contribution in [0.25, 0.3) is 0 Å². The van der Waals surface area contributed by atoms with Crippen LogP contribution >= 0.6 is 0 Å². The third-order valence-electron chi connectivity index (χ3n) is 3.34. The van der Waals surface area contributed by atoms with Gasteiger partial charge in [0, 0.05) is 13.6 Å². The minimum atomic E-state index is -3.57. The van der Waals surface area contributed by atoms with Crippen molar-refractivity contribution >= 4 is 21.6 Å². The van der Waals surface area contributed by atoms with Crippen LogP contribution in [0.1, 0.15) is 20.3 Å². The Morgan fingerprint density at radius 1 is 1.38 bits per heavy atom. The van der Waals surface area contributed by atoms with Gasteiger partial charge < -0.3 is 9.64 Å². The van der Waals surface area contributed by atoms with Gasteiger partial charge in [-0.05, 0) is 30.5 Å². The van der Waals surface area contributed by atoms with Crippen molar-refractivity contribution in [2.24, 2.45) is 5.92 Å². The molecule has 1 heterocycles. The molecule has 1 aliphatic rings. The predicted molar refractivity (Wildman–Crippen MR) is 80.0 cm³/mol. The molecule has 7 heteroatoms. The molecule has 0 bridgehead atoms. The van der Waals surface area contributed by atoms with Gasteiger partial charge in [-0.3, -0.25) is 4.79 Å². The second-order valence-electron chi connectivity index (χ2n) is 5.45. The van der Waals surface area contributed by atoms with Gasteiger partial charge in [0.15, 0.2) is 6.61 Å². The molecule has 1 aromatic carbocycles. The first-order valence-electron chi connectivity index (χ1n) is 6.84. The van der Waals surface area contributed by atoms with Gasteiger partial charge in [-0.25, -0.2) is 13.1 Å². The molecule has 0 atom stereocenters. The maximum Gasteiger partial charge on any atom is 0.264 e. The highest BCUT2D eigenvalue weighted by molar-refractivity contribution is 7.89. The van der Waals surface area contributed by atoms with Gasteiger partial charge in [0.2, 0.25) is 10.0 Å². The topological polar surface area (TPSA) is 75.7 Å². The zero-order valence-corrected chi connectivity index (χ0v) is 13.2. The number of amides is 1. The normalized spacial score (nSPS) is 15.0. The number of benzene rings is 1. The summed E-state index contributed by atoms with van der Waals surface area (Å²) in [6.45, 7) is 4.43. The van der Waals surface area contributed by atoms with Gasteiger partial charge in [0.25, 0.3) is 5.91 Å². The highest BCUT2D eigenvalue weighted by Gasteiger charge is 2.24. The number of rotatable bonds is 5. The lowest BCUT2D eigenvalue weighted by molar-refractivity contribution is -0.120. The van der Waals surface area contributed by atoms with Crippen molar-refractivity contribution < 1.29 is 17.9 Å². The van der Waals surface area contributed by atoms with E-state index < -0.39 is 10.0 Å². The molecule has 1 amide bonds. The smallest absolute Gasteiger partial charge is 0.264 e. The van der Waals surface area contributed by atoms with Crippen molar-refractivity contribution in [3.05, 3.63) is 18.2 Å². The number of fused-ring (bicyclic) bond motifs is 1.